The van der Waals surface area contributed by atoms with Crippen LogP contribution in [0.15, 0.2) is 121 Å². The van der Waals surface area contributed by atoms with Crippen molar-refractivity contribution in [3.8, 4) is 69.0 Å². The molecule has 0 radical (unpaired) electrons. The van der Waals surface area contributed by atoms with E-state index in [0.29, 0.717) is 73.6 Å². The maximum atomic E-state index is 14.4. The standard InChI is InChI=1S/C44H52O8.C40H46O6S/c45-36-16-14-28(40(49)42(36)51)20-30-22-32(24-34(38(30)47)26-10-4-1-5-11-26)44(18-8-3-9-19-44)33-23-31(21-29-15-17-37(46)43(52)41(29)50)39(48)35(25-33)27-12-6-2-7-13-27;1-25-21-29(5-9-35(25)41)39(30-6-10-36(42)26(2)22-30)17-13-33(14-18-39)47(45,46)34-15-19-40(20-16-34,31-7-11-37(43)27(3)23-31)32-8-12-38(44)28(4)24-32/h14-17,22-27,45-52H,1-13,18-21H2;5-12,21-24,33-34,41-44H,13-20H2,1-4H3. The van der Waals surface area contributed by atoms with Crippen molar-refractivity contribution in [2.75, 3.05) is 0 Å². The van der Waals surface area contributed by atoms with Gasteiger partial charge in [-0.25, -0.2) is 8.42 Å². The second-order valence-electron chi connectivity index (χ2n) is 29.9. The summed E-state index contributed by atoms with van der Waals surface area (Å²) in [5.74, 6) is -1.03. The number of aromatic hydroxyl groups is 12. The maximum absolute atomic E-state index is 14.4. The lowest BCUT2D eigenvalue weighted by Gasteiger charge is -2.44. The Balaban J connectivity index is 0.000000189. The van der Waals surface area contributed by atoms with E-state index in [4.69, 9.17) is 0 Å². The minimum Gasteiger partial charge on any atom is -0.508 e. The van der Waals surface area contributed by atoms with Crippen molar-refractivity contribution < 1.29 is 69.7 Å². The van der Waals surface area contributed by atoms with Crippen LogP contribution in [0.2, 0.25) is 0 Å². The average Bonchev–Trinajstić information content (AvgIpc) is 0.749. The summed E-state index contributed by atoms with van der Waals surface area (Å²) < 4.78 is 28.7. The minimum atomic E-state index is -3.43. The third kappa shape index (κ3) is 13.7. The number of aryl methyl sites for hydroxylation is 4. The van der Waals surface area contributed by atoms with Gasteiger partial charge in [0.2, 0.25) is 11.5 Å². The van der Waals surface area contributed by atoms with Crippen molar-refractivity contribution in [2.45, 2.75) is 227 Å². The molecular weight excluding hydrogens is 1260 g/mol. The van der Waals surface area contributed by atoms with E-state index in [1.807, 2.05) is 76.2 Å². The van der Waals surface area contributed by atoms with Crippen molar-refractivity contribution in [2.24, 2.45) is 0 Å². The molecule has 5 aliphatic carbocycles. The van der Waals surface area contributed by atoms with Gasteiger partial charge in [0.05, 0.1) is 10.5 Å². The number of hydrogen-bond acceptors (Lipinski definition) is 14. The predicted molar refractivity (Wildman–Crippen MR) is 387 cm³/mol. The molecule has 14 nitrogen and oxygen atoms in total. The third-order valence-electron chi connectivity index (χ3n) is 24.0. The first kappa shape index (κ1) is 70.2. The molecule has 5 saturated carbocycles. The normalized spacial score (nSPS) is 18.5. The molecule has 0 atom stereocenters. The van der Waals surface area contributed by atoms with Gasteiger partial charge in [-0.15, -0.1) is 0 Å². The summed E-state index contributed by atoms with van der Waals surface area (Å²) in [6.45, 7) is 7.53. The highest BCUT2D eigenvalue weighted by Gasteiger charge is 2.48. The Labute approximate surface area is 582 Å². The summed E-state index contributed by atoms with van der Waals surface area (Å²) in [5.41, 5.74) is 12.2. The van der Waals surface area contributed by atoms with Crippen LogP contribution in [0.3, 0.4) is 0 Å². The van der Waals surface area contributed by atoms with Crippen molar-refractivity contribution in [1.82, 2.24) is 0 Å². The molecule has 8 aromatic carbocycles. The molecule has 0 aliphatic heterocycles. The molecule has 0 bridgehead atoms. The van der Waals surface area contributed by atoms with Gasteiger partial charge in [-0.1, -0.05) is 143 Å². The summed E-state index contributed by atoms with van der Waals surface area (Å²) in [6.07, 6.45) is 20.6. The number of phenolic OH excluding ortho intramolecular Hbond substituents is 12. The molecule has 12 N–H and O–H groups in total. The highest BCUT2D eigenvalue weighted by molar-refractivity contribution is 7.92. The summed E-state index contributed by atoms with van der Waals surface area (Å²) in [6, 6.07) is 37.2. The quantitative estimate of drug-likeness (QED) is 0.0452. The Kier molecular flexibility index (Phi) is 20.2. The van der Waals surface area contributed by atoms with Crippen LogP contribution in [0.1, 0.15) is 249 Å². The van der Waals surface area contributed by atoms with E-state index in [-0.39, 0.29) is 59.2 Å². The summed E-state index contributed by atoms with van der Waals surface area (Å²) >= 11 is 0. The molecule has 0 aromatic heterocycles. The molecule has 5 fully saturated rings. The van der Waals surface area contributed by atoms with Gasteiger partial charge in [0.1, 0.15) is 34.5 Å². The van der Waals surface area contributed by atoms with Crippen LogP contribution in [0.4, 0.5) is 0 Å². The fraction of sp³-hybridized carbons (Fsp3) is 0.429. The van der Waals surface area contributed by atoms with Crippen LogP contribution in [-0.4, -0.2) is 80.2 Å². The van der Waals surface area contributed by atoms with Gasteiger partial charge >= 0.3 is 0 Å². The van der Waals surface area contributed by atoms with Crippen LogP contribution >= 0.6 is 0 Å². The van der Waals surface area contributed by atoms with Crippen LogP contribution in [0.5, 0.6) is 69.0 Å². The van der Waals surface area contributed by atoms with E-state index in [1.165, 1.54) is 25.0 Å². The highest BCUT2D eigenvalue weighted by atomic mass is 32.2. The number of benzene rings is 8. The zero-order chi connectivity index (χ0) is 70.3. The van der Waals surface area contributed by atoms with Gasteiger partial charge < -0.3 is 61.3 Å². The lowest BCUT2D eigenvalue weighted by atomic mass is 9.63. The third-order valence-corrected chi connectivity index (χ3v) is 26.8. The molecule has 0 saturated heterocycles. The Morgan fingerprint density at radius 2 is 0.586 bits per heavy atom. The van der Waals surface area contributed by atoms with Gasteiger partial charge in [-0.2, -0.15) is 0 Å². The van der Waals surface area contributed by atoms with E-state index < -0.39 is 71.1 Å². The Morgan fingerprint density at radius 3 is 0.899 bits per heavy atom. The van der Waals surface area contributed by atoms with Crippen molar-refractivity contribution in [3.05, 3.63) is 210 Å². The molecule has 524 valence electrons. The molecule has 0 amide bonds. The molecular formula is C84H98O14S. The molecule has 15 heteroatoms. The average molecular weight is 1360 g/mol. The molecule has 0 unspecified atom stereocenters. The predicted octanol–water partition coefficient (Wildman–Crippen LogP) is 18.2. The molecule has 5 aliphatic rings. The monoisotopic (exact) mass is 1360 g/mol. The van der Waals surface area contributed by atoms with Crippen molar-refractivity contribution in [3.63, 3.8) is 0 Å². The lowest BCUT2D eigenvalue weighted by Crippen LogP contribution is -2.44. The first-order valence-electron chi connectivity index (χ1n) is 35.9. The van der Waals surface area contributed by atoms with Gasteiger partial charge in [-0.3, -0.25) is 0 Å². The smallest absolute Gasteiger partial charge is 0.200 e. The van der Waals surface area contributed by atoms with E-state index >= 15 is 0 Å². The number of phenols is 12. The second kappa shape index (κ2) is 28.5. The number of hydrogen-bond donors (Lipinski definition) is 12. The largest absolute Gasteiger partial charge is 0.508 e. The number of sulfone groups is 1. The minimum absolute atomic E-state index is 0.160. The van der Waals surface area contributed by atoms with Gasteiger partial charge in [0, 0.05) is 40.2 Å². The highest BCUT2D eigenvalue weighted by Crippen LogP contribution is 2.55. The first-order chi connectivity index (χ1) is 47.3. The first-order valence-corrected chi connectivity index (χ1v) is 37.6. The Bertz CT molecular complexity index is 4030. The Hall–Kier alpha value is -8.69. The molecule has 99 heavy (non-hydrogen) atoms. The zero-order valence-corrected chi connectivity index (χ0v) is 58.4. The van der Waals surface area contributed by atoms with Crippen LogP contribution in [0, 0.1) is 27.7 Å². The summed E-state index contributed by atoms with van der Waals surface area (Å²) in [4.78, 5) is 0. The van der Waals surface area contributed by atoms with Crippen molar-refractivity contribution in [1.29, 1.82) is 0 Å². The van der Waals surface area contributed by atoms with E-state index in [9.17, 15) is 69.7 Å². The zero-order valence-electron chi connectivity index (χ0n) is 57.6. The number of rotatable bonds is 14. The van der Waals surface area contributed by atoms with Crippen LogP contribution < -0.4 is 0 Å². The van der Waals surface area contributed by atoms with E-state index in [0.717, 1.165) is 150 Å². The van der Waals surface area contributed by atoms with Gasteiger partial charge in [0.25, 0.3) is 0 Å². The van der Waals surface area contributed by atoms with E-state index in [2.05, 4.69) is 24.3 Å². The molecule has 8 aromatic rings. The van der Waals surface area contributed by atoms with Crippen LogP contribution in [-0.2, 0) is 38.9 Å². The molecule has 13 rings (SSSR count). The van der Waals surface area contributed by atoms with Crippen LogP contribution in [0.25, 0.3) is 0 Å². The topological polar surface area (TPSA) is 277 Å². The summed E-state index contributed by atoms with van der Waals surface area (Å²) in [5, 5.41) is 126. The molecule has 0 heterocycles. The summed E-state index contributed by atoms with van der Waals surface area (Å²) in [7, 11) is -3.43. The fourth-order valence-electron chi connectivity index (χ4n) is 17.9. The maximum Gasteiger partial charge on any atom is 0.200 e. The van der Waals surface area contributed by atoms with Crippen molar-refractivity contribution >= 4 is 9.84 Å². The van der Waals surface area contributed by atoms with E-state index in [1.54, 1.807) is 36.4 Å². The van der Waals surface area contributed by atoms with Gasteiger partial charge in [0.15, 0.2) is 32.8 Å². The molecule has 0 spiro atoms. The van der Waals surface area contributed by atoms with Gasteiger partial charge in [-0.05, 0) is 244 Å². The second-order valence-corrected chi connectivity index (χ2v) is 32.4. The lowest BCUT2D eigenvalue weighted by molar-refractivity contribution is 0.326. The SMILES string of the molecule is Cc1cc(C2(c3ccc(O)c(C)c3)CCC(S(=O)(=O)C3CCC(c4ccc(O)c(C)c4)(c4ccc(O)c(C)c4)CC3)CC2)ccc1O.Oc1ccc(Cc2cc(C3(c4cc(Cc5ccc(O)c(O)c5O)c(O)c(C5CCCCC5)c4)CCCCC3)cc(C3CCCCC3)c2O)c(O)c1O. The Morgan fingerprint density at radius 1 is 0.293 bits per heavy atom. The fourth-order valence-corrected chi connectivity index (χ4v) is 20.3.